The van der Waals surface area contributed by atoms with Gasteiger partial charge in [0.2, 0.25) is 0 Å². The highest BCUT2D eigenvalue weighted by molar-refractivity contribution is 5.98. The molecule has 0 saturated carbocycles. The van der Waals surface area contributed by atoms with Crippen molar-refractivity contribution in [3.63, 3.8) is 0 Å². The van der Waals surface area contributed by atoms with Crippen molar-refractivity contribution in [1.29, 1.82) is 0 Å². The highest BCUT2D eigenvalue weighted by Gasteiger charge is 2.22. The van der Waals surface area contributed by atoms with Crippen LogP contribution in [0, 0.1) is 0 Å². The van der Waals surface area contributed by atoms with E-state index in [1.165, 1.54) is 24.0 Å². The Morgan fingerprint density at radius 1 is 1.38 bits per heavy atom. The van der Waals surface area contributed by atoms with Crippen LogP contribution in [-0.4, -0.2) is 5.78 Å². The van der Waals surface area contributed by atoms with Gasteiger partial charge in [0, 0.05) is 12.0 Å². The van der Waals surface area contributed by atoms with Crippen molar-refractivity contribution < 1.29 is 4.79 Å². The Morgan fingerprint density at radius 2 is 2.19 bits per heavy atom. The third kappa shape index (κ3) is 2.18. The molecule has 0 heterocycles. The Labute approximate surface area is 97.9 Å². The van der Waals surface area contributed by atoms with E-state index >= 15 is 0 Å². The van der Waals surface area contributed by atoms with Gasteiger partial charge in [-0.25, -0.2) is 0 Å². The molecule has 1 aliphatic rings. The van der Waals surface area contributed by atoms with Crippen LogP contribution >= 0.6 is 0 Å². The Kier molecular flexibility index (Phi) is 3.42. The third-order valence-electron chi connectivity index (χ3n) is 3.57. The standard InChI is InChI=1S/C15H20O/c1-3-4-5-12-7-8-13-11(2)6-9-15(16)14(13)10-12/h7-8,10-11H,3-6,9H2,1-2H3. The van der Waals surface area contributed by atoms with Crippen LogP contribution in [0.2, 0.25) is 0 Å². The topological polar surface area (TPSA) is 17.1 Å². The van der Waals surface area contributed by atoms with E-state index in [0.717, 1.165) is 24.8 Å². The number of rotatable bonds is 3. The quantitative estimate of drug-likeness (QED) is 0.743. The summed E-state index contributed by atoms with van der Waals surface area (Å²) in [6.45, 7) is 4.42. The van der Waals surface area contributed by atoms with Gasteiger partial charge in [-0.05, 0) is 42.4 Å². The largest absolute Gasteiger partial charge is 0.294 e. The van der Waals surface area contributed by atoms with Crippen LogP contribution in [0.15, 0.2) is 18.2 Å². The van der Waals surface area contributed by atoms with Gasteiger partial charge in [0.25, 0.3) is 0 Å². The number of ketones is 1. The summed E-state index contributed by atoms with van der Waals surface area (Å²) in [5.74, 6) is 0.888. The van der Waals surface area contributed by atoms with Gasteiger partial charge >= 0.3 is 0 Å². The number of hydrogen-bond acceptors (Lipinski definition) is 1. The molecule has 0 saturated heterocycles. The van der Waals surface area contributed by atoms with Crippen molar-refractivity contribution in [2.45, 2.75) is 51.9 Å². The molecule has 16 heavy (non-hydrogen) atoms. The second kappa shape index (κ2) is 4.82. The number of aryl methyl sites for hydroxylation is 1. The van der Waals surface area contributed by atoms with Crippen LogP contribution in [0.4, 0.5) is 0 Å². The summed E-state index contributed by atoms with van der Waals surface area (Å²) in [6.07, 6.45) is 5.26. The zero-order valence-corrected chi connectivity index (χ0v) is 10.3. The molecule has 1 heteroatoms. The average Bonchev–Trinajstić information content (AvgIpc) is 2.31. The second-order valence-corrected chi connectivity index (χ2v) is 4.89. The molecule has 1 atom stereocenters. The fourth-order valence-corrected chi connectivity index (χ4v) is 2.45. The average molecular weight is 216 g/mol. The predicted octanol–water partition coefficient (Wildman–Crippen LogP) is 4.11. The molecule has 0 fully saturated rings. The molecule has 0 radical (unpaired) electrons. The molecule has 0 aliphatic heterocycles. The molecule has 1 aromatic carbocycles. The number of benzene rings is 1. The zero-order chi connectivity index (χ0) is 11.5. The summed E-state index contributed by atoms with van der Waals surface area (Å²) >= 11 is 0. The van der Waals surface area contributed by atoms with E-state index in [2.05, 4.69) is 32.0 Å². The van der Waals surface area contributed by atoms with Gasteiger partial charge in [-0.1, -0.05) is 32.4 Å². The van der Waals surface area contributed by atoms with Gasteiger partial charge in [-0.15, -0.1) is 0 Å². The van der Waals surface area contributed by atoms with Gasteiger partial charge in [-0.2, -0.15) is 0 Å². The van der Waals surface area contributed by atoms with Crippen LogP contribution in [-0.2, 0) is 6.42 Å². The highest BCUT2D eigenvalue weighted by atomic mass is 16.1. The molecule has 2 rings (SSSR count). The van der Waals surface area contributed by atoms with Gasteiger partial charge in [0.05, 0.1) is 0 Å². The predicted molar refractivity (Wildman–Crippen MR) is 67.0 cm³/mol. The molecule has 1 unspecified atom stereocenters. The molecular weight excluding hydrogens is 196 g/mol. The van der Waals surface area contributed by atoms with Crippen LogP contribution in [0.25, 0.3) is 0 Å². The lowest BCUT2D eigenvalue weighted by Crippen LogP contribution is -2.14. The number of carbonyl (C=O) groups is 1. The van der Waals surface area contributed by atoms with E-state index < -0.39 is 0 Å². The molecule has 0 aromatic heterocycles. The smallest absolute Gasteiger partial charge is 0.163 e. The van der Waals surface area contributed by atoms with E-state index in [1.54, 1.807) is 0 Å². The lowest BCUT2D eigenvalue weighted by atomic mass is 9.82. The van der Waals surface area contributed by atoms with Crippen molar-refractivity contribution in [2.75, 3.05) is 0 Å². The molecule has 0 N–H and O–H groups in total. The van der Waals surface area contributed by atoms with Gasteiger partial charge < -0.3 is 0 Å². The number of unbranched alkanes of at least 4 members (excludes halogenated alkanes) is 1. The monoisotopic (exact) mass is 216 g/mol. The Bertz CT molecular complexity index is 392. The first-order chi connectivity index (χ1) is 7.72. The van der Waals surface area contributed by atoms with Gasteiger partial charge in [0.1, 0.15) is 0 Å². The molecular formula is C15H20O. The Morgan fingerprint density at radius 3 is 2.94 bits per heavy atom. The summed E-state index contributed by atoms with van der Waals surface area (Å²) in [6, 6.07) is 6.49. The number of Topliss-reactive ketones (excluding diaryl/α,β-unsaturated/α-hetero) is 1. The fraction of sp³-hybridized carbons (Fsp3) is 0.533. The number of carbonyl (C=O) groups excluding carboxylic acids is 1. The van der Waals surface area contributed by atoms with E-state index in [0.29, 0.717) is 11.7 Å². The maximum atomic E-state index is 11.9. The first-order valence-electron chi connectivity index (χ1n) is 6.38. The van der Waals surface area contributed by atoms with Crippen LogP contribution in [0.5, 0.6) is 0 Å². The molecule has 1 aromatic rings. The normalized spacial score (nSPS) is 19.6. The Hall–Kier alpha value is -1.11. The molecule has 86 valence electrons. The summed E-state index contributed by atoms with van der Waals surface area (Å²) in [4.78, 5) is 11.9. The summed E-state index contributed by atoms with van der Waals surface area (Å²) in [7, 11) is 0. The molecule has 0 bridgehead atoms. The van der Waals surface area contributed by atoms with Crippen molar-refractivity contribution in [3.05, 3.63) is 34.9 Å². The van der Waals surface area contributed by atoms with Crippen LogP contribution in [0.3, 0.4) is 0 Å². The molecule has 1 nitrogen and oxygen atoms in total. The molecule has 0 amide bonds. The minimum Gasteiger partial charge on any atom is -0.294 e. The highest BCUT2D eigenvalue weighted by Crippen LogP contribution is 2.31. The lowest BCUT2D eigenvalue weighted by Gasteiger charge is -2.21. The number of fused-ring (bicyclic) bond motifs is 1. The molecule has 0 spiro atoms. The SMILES string of the molecule is CCCCc1ccc2c(c1)C(=O)CCC2C. The minimum atomic E-state index is 0.339. The third-order valence-corrected chi connectivity index (χ3v) is 3.57. The van der Waals surface area contributed by atoms with E-state index in [9.17, 15) is 4.79 Å². The van der Waals surface area contributed by atoms with Crippen LogP contribution in [0.1, 0.15) is 66.9 Å². The van der Waals surface area contributed by atoms with Crippen molar-refractivity contribution >= 4 is 5.78 Å². The zero-order valence-electron chi connectivity index (χ0n) is 10.3. The van der Waals surface area contributed by atoms with E-state index in [4.69, 9.17) is 0 Å². The van der Waals surface area contributed by atoms with Crippen LogP contribution < -0.4 is 0 Å². The Balaban J connectivity index is 2.29. The van der Waals surface area contributed by atoms with Gasteiger partial charge in [0.15, 0.2) is 5.78 Å². The van der Waals surface area contributed by atoms with Crippen molar-refractivity contribution in [2.24, 2.45) is 0 Å². The maximum absolute atomic E-state index is 11.9. The maximum Gasteiger partial charge on any atom is 0.163 e. The summed E-state index contributed by atoms with van der Waals surface area (Å²) in [5.41, 5.74) is 3.58. The van der Waals surface area contributed by atoms with Crippen molar-refractivity contribution in [1.82, 2.24) is 0 Å². The van der Waals surface area contributed by atoms with Gasteiger partial charge in [-0.3, -0.25) is 4.79 Å². The minimum absolute atomic E-state index is 0.339. The summed E-state index contributed by atoms with van der Waals surface area (Å²) in [5, 5.41) is 0. The fourth-order valence-electron chi connectivity index (χ4n) is 2.45. The number of hydrogen-bond donors (Lipinski definition) is 0. The second-order valence-electron chi connectivity index (χ2n) is 4.89. The first-order valence-corrected chi connectivity index (χ1v) is 6.38. The summed E-state index contributed by atoms with van der Waals surface area (Å²) < 4.78 is 0. The molecule has 1 aliphatic carbocycles. The lowest BCUT2D eigenvalue weighted by molar-refractivity contribution is 0.0968. The first kappa shape index (κ1) is 11.4. The van der Waals surface area contributed by atoms with E-state index in [1.807, 2.05) is 0 Å². The van der Waals surface area contributed by atoms with E-state index in [-0.39, 0.29) is 0 Å². The van der Waals surface area contributed by atoms with Crippen molar-refractivity contribution in [3.8, 4) is 0 Å².